The summed E-state index contributed by atoms with van der Waals surface area (Å²) in [6.45, 7) is 1.11. The first-order valence-corrected chi connectivity index (χ1v) is 5.70. The number of anilines is 2. The molecule has 0 amide bonds. The van der Waals surface area contributed by atoms with Gasteiger partial charge in [0.1, 0.15) is 18.0 Å². The van der Waals surface area contributed by atoms with Gasteiger partial charge in [-0.2, -0.15) is 0 Å². The summed E-state index contributed by atoms with van der Waals surface area (Å²) in [6.07, 6.45) is 0. The van der Waals surface area contributed by atoms with Crippen molar-refractivity contribution >= 4 is 17.1 Å². The molecule has 18 heavy (non-hydrogen) atoms. The summed E-state index contributed by atoms with van der Waals surface area (Å²) >= 11 is 0. The predicted octanol–water partition coefficient (Wildman–Crippen LogP) is 0.925. The van der Waals surface area contributed by atoms with Crippen LogP contribution in [0.3, 0.4) is 0 Å². The Morgan fingerprint density at radius 2 is 2.39 bits per heavy atom. The summed E-state index contributed by atoms with van der Waals surface area (Å²) in [5.41, 5.74) is 6.13. The topological polar surface area (TPSA) is 84.4 Å². The first-order chi connectivity index (χ1) is 8.63. The van der Waals surface area contributed by atoms with Crippen molar-refractivity contribution in [1.82, 2.24) is 5.32 Å². The van der Waals surface area contributed by atoms with E-state index in [1.54, 1.807) is 17.0 Å². The fourth-order valence-corrected chi connectivity index (χ4v) is 2.15. The van der Waals surface area contributed by atoms with Gasteiger partial charge in [-0.25, -0.2) is 4.39 Å². The molecule has 0 spiro atoms. The summed E-state index contributed by atoms with van der Waals surface area (Å²) < 4.78 is 12.7. The third kappa shape index (κ3) is 2.35. The van der Waals surface area contributed by atoms with E-state index in [2.05, 4.69) is 5.32 Å². The van der Waals surface area contributed by atoms with Crippen molar-refractivity contribution in [2.24, 2.45) is 0 Å². The molecule has 0 saturated carbocycles. The minimum atomic E-state index is -0.493. The van der Waals surface area contributed by atoms with E-state index >= 15 is 0 Å². The minimum Gasteiger partial charge on any atom is -0.393 e. The Kier molecular flexibility index (Phi) is 3.61. The minimum absolute atomic E-state index is 0.1000. The van der Waals surface area contributed by atoms with E-state index in [9.17, 15) is 14.5 Å². The molecule has 0 radical (unpaired) electrons. The lowest BCUT2D eigenvalue weighted by atomic mass is 10.1. The van der Waals surface area contributed by atoms with Gasteiger partial charge in [0.25, 0.3) is 0 Å². The van der Waals surface area contributed by atoms with Gasteiger partial charge in [-0.3, -0.25) is 10.1 Å². The quantitative estimate of drug-likeness (QED) is 0.476. The molecule has 1 atom stereocenters. The van der Waals surface area contributed by atoms with Crippen molar-refractivity contribution in [1.29, 1.82) is 0 Å². The zero-order valence-corrected chi connectivity index (χ0v) is 9.80. The van der Waals surface area contributed by atoms with E-state index in [1.165, 1.54) is 6.07 Å². The number of nitrogens with zero attached hydrogens (tertiary/aromatic N) is 2. The molecule has 6 nitrogen and oxygen atoms in total. The maximum absolute atomic E-state index is 12.7. The van der Waals surface area contributed by atoms with Crippen LogP contribution in [0, 0.1) is 10.1 Å². The Balaban J connectivity index is 2.32. The predicted molar refractivity (Wildman–Crippen MR) is 67.5 cm³/mol. The van der Waals surface area contributed by atoms with Crippen molar-refractivity contribution in [3.8, 4) is 0 Å². The SMILES string of the molecule is Nc1cccc(N2CCNC(CF)C2)c1[N+](=O)[O-]. The molecule has 1 aliphatic heterocycles. The molecule has 1 aliphatic rings. The number of nitro benzene ring substituents is 1. The van der Waals surface area contributed by atoms with Gasteiger partial charge < -0.3 is 16.0 Å². The lowest BCUT2D eigenvalue weighted by Gasteiger charge is -2.33. The van der Waals surface area contributed by atoms with Crippen molar-refractivity contribution < 1.29 is 9.31 Å². The highest BCUT2D eigenvalue weighted by Crippen LogP contribution is 2.33. The summed E-state index contributed by atoms with van der Waals surface area (Å²) in [6, 6.07) is 4.52. The Bertz CT molecular complexity index is 455. The largest absolute Gasteiger partial charge is 0.393 e. The summed E-state index contributed by atoms with van der Waals surface area (Å²) in [5, 5.41) is 14.1. The molecule has 3 N–H and O–H groups in total. The van der Waals surface area contributed by atoms with Gasteiger partial charge in [0.15, 0.2) is 0 Å². The highest BCUT2D eigenvalue weighted by atomic mass is 19.1. The van der Waals surface area contributed by atoms with E-state index in [-0.39, 0.29) is 17.4 Å². The number of piperazine rings is 1. The molecule has 1 saturated heterocycles. The maximum Gasteiger partial charge on any atom is 0.315 e. The van der Waals surface area contributed by atoms with Crippen LogP contribution in [0.25, 0.3) is 0 Å². The Morgan fingerprint density at radius 1 is 1.61 bits per heavy atom. The smallest absolute Gasteiger partial charge is 0.315 e. The first kappa shape index (κ1) is 12.6. The standard InChI is InChI=1S/C11H15FN4O2/c12-6-8-7-15(5-4-14-8)10-3-1-2-9(13)11(10)16(17)18/h1-3,8,14H,4-7,13H2. The molecule has 1 aromatic carbocycles. The van der Waals surface area contributed by atoms with E-state index in [0.29, 0.717) is 25.3 Å². The average Bonchev–Trinajstić information content (AvgIpc) is 2.38. The van der Waals surface area contributed by atoms with Crippen LogP contribution in [-0.4, -0.2) is 37.3 Å². The number of nitrogens with two attached hydrogens (primary N) is 1. The monoisotopic (exact) mass is 254 g/mol. The van der Waals surface area contributed by atoms with Crippen LogP contribution in [0.2, 0.25) is 0 Å². The Morgan fingerprint density at radius 3 is 3.06 bits per heavy atom. The molecule has 7 heteroatoms. The molecule has 0 aliphatic carbocycles. The fourth-order valence-electron chi connectivity index (χ4n) is 2.15. The van der Waals surface area contributed by atoms with Crippen molar-refractivity contribution in [2.75, 3.05) is 36.9 Å². The van der Waals surface area contributed by atoms with Gasteiger partial charge >= 0.3 is 5.69 Å². The third-order valence-corrected chi connectivity index (χ3v) is 3.01. The van der Waals surface area contributed by atoms with E-state index in [0.717, 1.165) is 0 Å². The summed E-state index contributed by atoms with van der Waals surface area (Å²) in [4.78, 5) is 12.4. The molecule has 1 unspecified atom stereocenters. The molecule has 1 heterocycles. The van der Waals surface area contributed by atoms with Crippen LogP contribution in [0.1, 0.15) is 0 Å². The first-order valence-electron chi connectivity index (χ1n) is 5.70. The lowest BCUT2D eigenvalue weighted by molar-refractivity contribution is -0.383. The van der Waals surface area contributed by atoms with Gasteiger partial charge in [0.2, 0.25) is 0 Å². The zero-order chi connectivity index (χ0) is 13.1. The average molecular weight is 254 g/mol. The maximum atomic E-state index is 12.7. The number of hydrogen-bond acceptors (Lipinski definition) is 5. The number of hydrogen-bond donors (Lipinski definition) is 2. The second-order valence-corrected chi connectivity index (χ2v) is 4.22. The van der Waals surface area contributed by atoms with Crippen molar-refractivity contribution in [3.63, 3.8) is 0 Å². The van der Waals surface area contributed by atoms with Gasteiger partial charge in [0.05, 0.1) is 11.0 Å². The third-order valence-electron chi connectivity index (χ3n) is 3.01. The number of para-hydroxylation sites is 1. The number of halogens is 1. The molecule has 0 bridgehead atoms. The number of nitrogen functional groups attached to an aromatic ring is 1. The van der Waals surface area contributed by atoms with Gasteiger partial charge in [-0.05, 0) is 12.1 Å². The van der Waals surface area contributed by atoms with Crippen LogP contribution in [0.15, 0.2) is 18.2 Å². The Labute approximate surface area is 104 Å². The van der Waals surface area contributed by atoms with Crippen LogP contribution in [-0.2, 0) is 0 Å². The Hall–Kier alpha value is -1.89. The van der Waals surface area contributed by atoms with Crippen LogP contribution < -0.4 is 16.0 Å². The van der Waals surface area contributed by atoms with E-state index in [4.69, 9.17) is 5.73 Å². The van der Waals surface area contributed by atoms with Crippen molar-refractivity contribution in [2.45, 2.75) is 6.04 Å². The van der Waals surface area contributed by atoms with Crippen molar-refractivity contribution in [3.05, 3.63) is 28.3 Å². The number of benzene rings is 1. The number of nitro groups is 1. The number of rotatable bonds is 3. The molecule has 2 rings (SSSR count). The van der Waals surface area contributed by atoms with E-state index < -0.39 is 11.6 Å². The summed E-state index contributed by atoms with van der Waals surface area (Å²) in [5.74, 6) is 0. The van der Waals surface area contributed by atoms with E-state index in [1.807, 2.05) is 0 Å². The lowest BCUT2D eigenvalue weighted by Crippen LogP contribution is -2.51. The van der Waals surface area contributed by atoms with Gasteiger partial charge in [0, 0.05) is 19.6 Å². The highest BCUT2D eigenvalue weighted by Gasteiger charge is 2.26. The second-order valence-electron chi connectivity index (χ2n) is 4.22. The normalized spacial score (nSPS) is 19.8. The molecule has 98 valence electrons. The second kappa shape index (κ2) is 5.18. The number of alkyl halides is 1. The van der Waals surface area contributed by atoms with Crippen LogP contribution >= 0.6 is 0 Å². The molecular formula is C11H15FN4O2. The van der Waals surface area contributed by atoms with Gasteiger partial charge in [-0.1, -0.05) is 6.07 Å². The zero-order valence-electron chi connectivity index (χ0n) is 9.80. The molecule has 1 fully saturated rings. The van der Waals surface area contributed by atoms with Gasteiger partial charge in [-0.15, -0.1) is 0 Å². The molecular weight excluding hydrogens is 239 g/mol. The number of nitrogens with one attached hydrogen (secondary N) is 1. The van der Waals surface area contributed by atoms with Crippen LogP contribution in [0.4, 0.5) is 21.5 Å². The fraction of sp³-hybridized carbons (Fsp3) is 0.455. The summed E-state index contributed by atoms with van der Waals surface area (Å²) in [7, 11) is 0. The molecule has 1 aromatic rings. The highest BCUT2D eigenvalue weighted by molar-refractivity contribution is 5.75. The molecule has 0 aromatic heterocycles. The van der Waals surface area contributed by atoms with Crippen LogP contribution in [0.5, 0.6) is 0 Å².